The van der Waals surface area contributed by atoms with Crippen molar-refractivity contribution in [3.05, 3.63) is 144 Å². The summed E-state index contributed by atoms with van der Waals surface area (Å²) in [5.41, 5.74) is 1.03. The molecular formula is C50H60N4O40S7. The Hall–Kier alpha value is -7.11. The summed E-state index contributed by atoms with van der Waals surface area (Å²) in [4.78, 5) is 55.3. The maximum Gasteiger partial charge on any atom is 0.407 e. The van der Waals surface area contributed by atoms with Gasteiger partial charge in [0.05, 0.1) is 24.7 Å². The maximum atomic E-state index is 14.1. The molecule has 101 heavy (non-hydrogen) atoms. The van der Waals surface area contributed by atoms with Gasteiger partial charge in [0.25, 0.3) is 0 Å². The highest BCUT2D eigenvalue weighted by atomic mass is 32.3. The zero-order chi connectivity index (χ0) is 74.3. The monoisotopic (exact) mass is 1580 g/mol. The summed E-state index contributed by atoms with van der Waals surface area (Å²) < 4.78 is 327. The van der Waals surface area contributed by atoms with Gasteiger partial charge in [-0.05, 0) is 28.7 Å². The minimum atomic E-state index is -6.37. The van der Waals surface area contributed by atoms with Gasteiger partial charge in [0.1, 0.15) is 75.3 Å². The lowest BCUT2D eigenvalue weighted by molar-refractivity contribution is -0.323. The van der Waals surface area contributed by atoms with E-state index in [1.165, 1.54) is 103 Å². The topological polar surface area (TPSA) is 635 Å². The summed E-state index contributed by atoms with van der Waals surface area (Å²) in [6, 6.07) is 21.9. The first-order chi connectivity index (χ1) is 47.0. The smallest absolute Gasteiger partial charge is 0.407 e. The third-order valence-corrected chi connectivity index (χ3v) is 17.0. The molecule has 1 aliphatic carbocycles. The Labute approximate surface area is 573 Å². The fourth-order valence-electron chi connectivity index (χ4n) is 9.95. The molecule has 0 unspecified atom stereocenters. The molecule has 4 amide bonds. The van der Waals surface area contributed by atoms with Crippen LogP contribution in [0.1, 0.15) is 28.7 Å². The van der Waals surface area contributed by atoms with Crippen LogP contribution < -0.4 is 21.3 Å². The molecule has 3 aliphatic rings. The molecule has 0 radical (unpaired) electrons. The SMILES string of the molecule is O=C(NC[C@H]1O[C@H](O[C@@H]2[C@H](OS(=O)(=O)O)[C@@H](O[C@H]3O[C@H](COS(=O)(=O)O)[C@@H](OS(=O)(=O)O)[C@H](NC(=O)OCc4ccccc4)[C@H]3OS(=O)(=O)O)[C@H](NC(=O)OCc3ccccc3)C[C@@H]2NC(=O)OCc2ccccc2)[C@H](OS(=O)(=O)O)[C@@H](OS(=O)(=O)O)[C@@H]1OS(=O)(=O)O)OCc1ccccc1. The van der Waals surface area contributed by atoms with Crippen molar-refractivity contribution in [1.82, 2.24) is 21.3 Å². The van der Waals surface area contributed by atoms with E-state index in [2.05, 4.69) is 31.5 Å². The second-order valence-electron chi connectivity index (χ2n) is 21.0. The highest BCUT2D eigenvalue weighted by Gasteiger charge is 2.60. The summed E-state index contributed by atoms with van der Waals surface area (Å²) in [5, 5.41) is 8.20. The van der Waals surface area contributed by atoms with Gasteiger partial charge in [-0.25, -0.2) is 48.5 Å². The van der Waals surface area contributed by atoms with Gasteiger partial charge < -0.3 is 59.2 Å². The van der Waals surface area contributed by atoms with E-state index in [0.29, 0.717) is 5.56 Å². The molecule has 15 atom stereocenters. The second kappa shape index (κ2) is 34.9. The van der Waals surface area contributed by atoms with Crippen molar-refractivity contribution >= 4 is 97.2 Å². The van der Waals surface area contributed by atoms with Crippen LogP contribution in [0.5, 0.6) is 0 Å². The van der Waals surface area contributed by atoms with E-state index >= 15 is 0 Å². The lowest BCUT2D eigenvalue weighted by Crippen LogP contribution is -2.72. The first kappa shape index (κ1) is 81.2. The summed E-state index contributed by atoms with van der Waals surface area (Å²) in [6.07, 6.45) is -44.2. The first-order valence-corrected chi connectivity index (χ1v) is 37.6. The van der Waals surface area contributed by atoms with Crippen LogP contribution in [0.2, 0.25) is 0 Å². The van der Waals surface area contributed by atoms with Gasteiger partial charge in [-0.3, -0.25) is 31.9 Å². The zero-order valence-electron chi connectivity index (χ0n) is 50.6. The number of carbonyl (C=O) groups is 4. The van der Waals surface area contributed by atoms with Crippen LogP contribution in [0.15, 0.2) is 121 Å². The molecule has 11 N–H and O–H groups in total. The fourth-order valence-corrected chi connectivity index (χ4v) is 13.3. The predicted octanol–water partition coefficient (Wildman–Crippen LogP) is -0.631. The normalized spacial score (nSPS) is 26.1. The minimum absolute atomic E-state index is 0.206. The standard InChI is InChI=1S/C50H60N4O40S7/c55-47(80-23-28-13-5-1-6-14-28)51-22-34-40(90-97(65,66)67)43(93-100(74,75)76)44(94-101(77,78)79)46(85-34)88-38-33(53-49(57)82-25-30-17-9-3-10-18-30)21-32(52-48(56)81-24-29-15-7-2-8-16-29)37(42(38)92-99(71,72)73)87-45-41(91-98(68,69)70)36(54-50(58)83-26-31-19-11-4-12-20-31)39(89-96(62,63)64)35(86-45)27-84-95(59,60)61/h1-20,32-46H,21-27H2,(H,51,55)(H,52,56)(H,53,57)(H,54,58)(H,59,60,61)(H,62,63,64)(H,65,66,67)(H,68,69,70)(H,71,72,73)(H,74,75,76)(H,77,78,79)/t32-,33+,34-,35-,36+,37+,38+,39-,40-,41-,42-,43+,44-,45-,46-/m1/s1. The van der Waals surface area contributed by atoms with Gasteiger partial charge in [0.15, 0.2) is 24.8 Å². The minimum Gasteiger partial charge on any atom is -0.445 e. The van der Waals surface area contributed by atoms with Crippen molar-refractivity contribution in [2.75, 3.05) is 13.2 Å². The third-order valence-electron chi connectivity index (χ3n) is 13.7. The fraction of sp³-hybridized carbons (Fsp3) is 0.440. The van der Waals surface area contributed by atoms with Crippen LogP contribution in [0.4, 0.5) is 19.2 Å². The molecule has 1 saturated carbocycles. The number of nitrogens with one attached hydrogen (secondary N) is 4. The highest BCUT2D eigenvalue weighted by molar-refractivity contribution is 7.82. The molecule has 4 aromatic rings. The zero-order valence-corrected chi connectivity index (χ0v) is 56.3. The largest absolute Gasteiger partial charge is 0.445 e. The van der Waals surface area contributed by atoms with E-state index in [4.69, 9.17) is 46.3 Å². The van der Waals surface area contributed by atoms with Crippen LogP contribution in [-0.4, -0.2) is 220 Å². The molecule has 0 spiro atoms. The molecule has 7 rings (SSSR count). The lowest BCUT2D eigenvalue weighted by atomic mass is 9.83. The molecule has 0 bridgehead atoms. The van der Waals surface area contributed by atoms with Crippen molar-refractivity contribution in [2.45, 2.75) is 125 Å². The van der Waals surface area contributed by atoms with E-state index in [1.807, 2.05) is 10.6 Å². The summed E-state index contributed by atoms with van der Waals surface area (Å²) in [6.45, 7) is -5.72. The molecule has 51 heteroatoms. The van der Waals surface area contributed by atoms with Gasteiger partial charge in [-0.15, -0.1) is 0 Å². The van der Waals surface area contributed by atoms with Gasteiger partial charge in [-0.2, -0.15) is 58.9 Å². The van der Waals surface area contributed by atoms with Gasteiger partial charge in [0, 0.05) is 6.54 Å². The van der Waals surface area contributed by atoms with Crippen molar-refractivity contribution in [3.8, 4) is 0 Å². The number of ether oxygens (including phenoxy) is 8. The maximum absolute atomic E-state index is 14.1. The number of benzene rings is 4. The number of hydrogen-bond donors (Lipinski definition) is 11. The summed E-state index contributed by atoms with van der Waals surface area (Å²) in [5.74, 6) is 0. The molecule has 3 fully saturated rings. The van der Waals surface area contributed by atoms with Gasteiger partial charge in [-0.1, -0.05) is 121 Å². The van der Waals surface area contributed by atoms with Crippen LogP contribution in [0.25, 0.3) is 0 Å². The molecule has 2 heterocycles. The Morgan fingerprint density at radius 2 is 0.663 bits per heavy atom. The Morgan fingerprint density at radius 3 is 1.04 bits per heavy atom. The second-order valence-corrected chi connectivity index (χ2v) is 28.3. The quantitative estimate of drug-likeness (QED) is 0.0214. The molecule has 562 valence electrons. The van der Waals surface area contributed by atoms with Crippen LogP contribution in [0, 0.1) is 0 Å². The van der Waals surface area contributed by atoms with Crippen LogP contribution in [0.3, 0.4) is 0 Å². The number of alkyl carbamates (subject to hydrolysis) is 4. The third kappa shape index (κ3) is 27.9. The van der Waals surface area contributed by atoms with Crippen molar-refractivity contribution in [1.29, 1.82) is 0 Å². The lowest BCUT2D eigenvalue weighted by Gasteiger charge is -2.50. The Morgan fingerprint density at radius 1 is 0.356 bits per heavy atom. The van der Waals surface area contributed by atoms with Crippen molar-refractivity contribution in [2.24, 2.45) is 0 Å². The van der Waals surface area contributed by atoms with E-state index < -0.39 is 235 Å². The summed E-state index contributed by atoms with van der Waals surface area (Å²) in [7, 11) is -43.0. The molecule has 44 nitrogen and oxygen atoms in total. The number of amides is 4. The van der Waals surface area contributed by atoms with Gasteiger partial charge in [0.2, 0.25) is 0 Å². The number of rotatable bonds is 32. The predicted molar refractivity (Wildman–Crippen MR) is 323 cm³/mol. The van der Waals surface area contributed by atoms with E-state index in [0.717, 1.165) is 0 Å². The van der Waals surface area contributed by atoms with E-state index in [1.54, 1.807) is 18.2 Å². The number of hydrogen-bond acceptors (Lipinski definition) is 33. The average molecular weight is 1580 g/mol. The van der Waals surface area contributed by atoms with Crippen LogP contribution >= 0.6 is 0 Å². The average Bonchev–Trinajstić information content (AvgIpc) is 0.757. The van der Waals surface area contributed by atoms with Gasteiger partial charge >= 0.3 is 97.2 Å². The van der Waals surface area contributed by atoms with Crippen LogP contribution in [-0.2, 0) is 166 Å². The highest BCUT2D eigenvalue weighted by Crippen LogP contribution is 2.39. The van der Waals surface area contributed by atoms with Crippen molar-refractivity contribution < 1.29 is 177 Å². The van der Waals surface area contributed by atoms with E-state index in [9.17, 15) is 110 Å². The Balaban J connectivity index is 1.45. The molecule has 2 saturated heterocycles. The van der Waals surface area contributed by atoms with E-state index in [-0.39, 0.29) is 16.7 Å². The van der Waals surface area contributed by atoms with Crippen molar-refractivity contribution in [3.63, 3.8) is 0 Å². The Bertz CT molecular complexity index is 4290. The molecule has 0 aromatic heterocycles. The molecular weight excluding hydrogens is 1520 g/mol. The molecule has 2 aliphatic heterocycles. The Kier molecular flexibility index (Phi) is 28.1. The number of carbonyl (C=O) groups excluding carboxylic acids is 4. The molecule has 4 aromatic carbocycles. The first-order valence-electron chi connectivity index (χ1n) is 28.1. The summed E-state index contributed by atoms with van der Waals surface area (Å²) >= 11 is 0.